The van der Waals surface area contributed by atoms with Crippen LogP contribution >= 0.6 is 0 Å². The highest BCUT2D eigenvalue weighted by atomic mass is 19.4. The van der Waals surface area contributed by atoms with Gasteiger partial charge in [-0.3, -0.25) is 9.84 Å². The van der Waals surface area contributed by atoms with E-state index in [4.69, 9.17) is 4.74 Å². The van der Waals surface area contributed by atoms with E-state index in [1.165, 1.54) is 16.8 Å². The second-order valence-corrected chi connectivity index (χ2v) is 5.81. The van der Waals surface area contributed by atoms with E-state index in [0.717, 1.165) is 25.1 Å². The minimum atomic E-state index is -4.71. The molecule has 11 heteroatoms. The fraction of sp³-hybridized carbons (Fsp3) is 0.400. The Morgan fingerprint density at radius 1 is 1.38 bits per heavy atom. The molecule has 4 heterocycles. The van der Waals surface area contributed by atoms with Crippen molar-refractivity contribution in [3.05, 3.63) is 35.9 Å². The number of rotatable bonds is 5. The quantitative estimate of drug-likeness (QED) is 0.719. The number of hydrogen-bond acceptors (Lipinski definition) is 6. The van der Waals surface area contributed by atoms with Gasteiger partial charge in [0.1, 0.15) is 12.1 Å². The number of ether oxygens (including phenoxy) is 2. The Bertz CT molecular complexity index is 900. The van der Waals surface area contributed by atoms with Crippen LogP contribution in [0.2, 0.25) is 0 Å². The summed E-state index contributed by atoms with van der Waals surface area (Å²) in [6.07, 6.45) is 0.266. The number of aromatic nitrogens is 5. The number of H-pyrrole nitrogens is 1. The van der Waals surface area contributed by atoms with Crippen LogP contribution in [0.25, 0.3) is 5.52 Å². The zero-order valence-electron chi connectivity index (χ0n) is 13.5. The number of anilines is 2. The summed E-state index contributed by atoms with van der Waals surface area (Å²) in [6.45, 7) is 0.0576. The largest absolute Gasteiger partial charge is 0.522 e. The molecule has 8 nitrogen and oxygen atoms in total. The third-order valence-electron chi connectivity index (χ3n) is 3.94. The van der Waals surface area contributed by atoms with Crippen molar-refractivity contribution in [1.82, 2.24) is 24.8 Å². The second kappa shape index (κ2) is 6.57. The molecule has 0 aromatic carbocycles. The van der Waals surface area contributed by atoms with Crippen molar-refractivity contribution < 1.29 is 22.6 Å². The van der Waals surface area contributed by atoms with Gasteiger partial charge >= 0.3 is 6.36 Å². The molecule has 1 aliphatic heterocycles. The van der Waals surface area contributed by atoms with E-state index in [0.29, 0.717) is 17.2 Å². The van der Waals surface area contributed by atoms with Crippen molar-refractivity contribution in [2.24, 2.45) is 0 Å². The number of nitrogens with zero attached hydrogens (tertiary/aromatic N) is 4. The zero-order valence-corrected chi connectivity index (χ0v) is 13.5. The van der Waals surface area contributed by atoms with E-state index in [1.54, 1.807) is 6.20 Å². The summed E-state index contributed by atoms with van der Waals surface area (Å²) in [7, 11) is 0. The zero-order chi connectivity index (χ0) is 18.1. The van der Waals surface area contributed by atoms with Gasteiger partial charge in [-0.1, -0.05) is 0 Å². The molecule has 1 fully saturated rings. The van der Waals surface area contributed by atoms with Gasteiger partial charge in [0.05, 0.1) is 17.5 Å². The molecule has 1 saturated heterocycles. The fourth-order valence-electron chi connectivity index (χ4n) is 2.81. The minimum Gasteiger partial charge on any atom is -0.372 e. The molecule has 0 bridgehead atoms. The number of nitrogens with one attached hydrogen (secondary N) is 2. The first kappa shape index (κ1) is 16.8. The molecule has 3 aromatic rings. The van der Waals surface area contributed by atoms with E-state index in [-0.39, 0.29) is 11.8 Å². The molecular weight excluding hydrogens is 353 g/mol. The van der Waals surface area contributed by atoms with Crippen molar-refractivity contribution in [3.8, 4) is 0 Å². The Labute approximate surface area is 145 Å². The number of aromatic amines is 1. The third-order valence-corrected chi connectivity index (χ3v) is 3.94. The second-order valence-electron chi connectivity index (χ2n) is 5.81. The van der Waals surface area contributed by atoms with Gasteiger partial charge in [0.15, 0.2) is 11.6 Å². The Morgan fingerprint density at radius 3 is 3.04 bits per heavy atom. The molecule has 0 saturated carbocycles. The van der Waals surface area contributed by atoms with E-state index >= 15 is 0 Å². The molecule has 2 N–H and O–H groups in total. The number of fused-ring (bicyclic) bond motifs is 1. The third kappa shape index (κ3) is 3.63. The molecule has 1 atom stereocenters. The smallest absolute Gasteiger partial charge is 0.372 e. The van der Waals surface area contributed by atoms with Crippen LogP contribution in [-0.2, 0) is 16.1 Å². The monoisotopic (exact) mass is 368 g/mol. The number of alkyl halides is 3. The van der Waals surface area contributed by atoms with Crippen molar-refractivity contribution in [2.75, 3.05) is 11.9 Å². The van der Waals surface area contributed by atoms with Gasteiger partial charge in [-0.25, -0.2) is 9.50 Å². The molecule has 0 radical (unpaired) electrons. The van der Waals surface area contributed by atoms with Crippen molar-refractivity contribution in [2.45, 2.75) is 31.9 Å². The summed E-state index contributed by atoms with van der Waals surface area (Å²) in [5.74, 6) is 0.953. The predicted octanol–water partition coefficient (Wildman–Crippen LogP) is 3.08. The molecular formula is C15H15F3N6O2. The molecule has 26 heavy (non-hydrogen) atoms. The van der Waals surface area contributed by atoms with Gasteiger partial charge in [-0.15, -0.1) is 13.2 Å². The molecule has 0 spiro atoms. The van der Waals surface area contributed by atoms with Gasteiger partial charge in [0, 0.05) is 25.1 Å². The molecule has 4 rings (SSSR count). The maximum atomic E-state index is 12.2. The lowest BCUT2D eigenvalue weighted by molar-refractivity contribution is -0.330. The van der Waals surface area contributed by atoms with Crippen LogP contribution in [0, 0.1) is 0 Å². The predicted molar refractivity (Wildman–Crippen MR) is 83.6 cm³/mol. The molecule has 138 valence electrons. The van der Waals surface area contributed by atoms with E-state index < -0.39 is 13.0 Å². The topological polar surface area (TPSA) is 89.4 Å². The summed E-state index contributed by atoms with van der Waals surface area (Å²) < 4.78 is 47.4. The Balaban J connectivity index is 1.53. The highest BCUT2D eigenvalue weighted by molar-refractivity contribution is 5.72. The minimum absolute atomic E-state index is 0.00267. The van der Waals surface area contributed by atoms with Crippen molar-refractivity contribution in [1.29, 1.82) is 0 Å². The summed E-state index contributed by atoms with van der Waals surface area (Å²) >= 11 is 0. The van der Waals surface area contributed by atoms with Crippen LogP contribution in [0.5, 0.6) is 0 Å². The first-order valence-corrected chi connectivity index (χ1v) is 7.96. The summed E-state index contributed by atoms with van der Waals surface area (Å²) in [5, 5.41) is 14.2. The van der Waals surface area contributed by atoms with Gasteiger partial charge < -0.3 is 10.1 Å². The Hall–Kier alpha value is -2.66. The van der Waals surface area contributed by atoms with Crippen molar-refractivity contribution >= 4 is 17.2 Å². The van der Waals surface area contributed by atoms with Gasteiger partial charge in [0.2, 0.25) is 0 Å². The van der Waals surface area contributed by atoms with Crippen LogP contribution in [0.4, 0.5) is 24.8 Å². The van der Waals surface area contributed by atoms with Crippen LogP contribution in [0.3, 0.4) is 0 Å². The lowest BCUT2D eigenvalue weighted by atomic mass is 10.2. The molecule has 1 aliphatic rings. The van der Waals surface area contributed by atoms with Crippen LogP contribution in [0.15, 0.2) is 24.5 Å². The Morgan fingerprint density at radius 2 is 2.27 bits per heavy atom. The molecule has 0 amide bonds. The van der Waals surface area contributed by atoms with Gasteiger partial charge in [-0.2, -0.15) is 10.2 Å². The van der Waals surface area contributed by atoms with Crippen LogP contribution < -0.4 is 5.32 Å². The SMILES string of the molecule is FC(F)(F)OCc1cc2c(Nc3cc([C@H]4CCCO4)[nH]n3)nccn2n1. The maximum absolute atomic E-state index is 12.2. The number of hydrogen-bond donors (Lipinski definition) is 2. The van der Waals surface area contributed by atoms with Gasteiger partial charge in [-0.05, 0) is 18.9 Å². The highest BCUT2D eigenvalue weighted by Crippen LogP contribution is 2.29. The lowest BCUT2D eigenvalue weighted by Gasteiger charge is -2.05. The standard InChI is InChI=1S/C15H15F3N6O2/c16-15(17,18)26-8-9-6-11-14(19-3-4-24(11)23-9)20-13-7-10(21-22-13)12-2-1-5-25-12/h3-4,6-7,12H,1-2,5,8H2,(H2,19,20,21,22)/t12-/m1/s1. The van der Waals surface area contributed by atoms with E-state index in [9.17, 15) is 13.2 Å². The maximum Gasteiger partial charge on any atom is 0.522 e. The van der Waals surface area contributed by atoms with Crippen molar-refractivity contribution in [3.63, 3.8) is 0 Å². The summed E-state index contributed by atoms with van der Waals surface area (Å²) in [6, 6.07) is 3.31. The molecule has 0 aliphatic carbocycles. The lowest BCUT2D eigenvalue weighted by Crippen LogP contribution is -2.13. The van der Waals surface area contributed by atoms with E-state index in [1.807, 2.05) is 6.07 Å². The average molecular weight is 368 g/mol. The molecule has 3 aromatic heterocycles. The Kier molecular flexibility index (Phi) is 4.24. The summed E-state index contributed by atoms with van der Waals surface area (Å²) in [5.41, 5.74) is 1.51. The number of halogens is 3. The van der Waals surface area contributed by atoms with E-state index in [2.05, 4.69) is 30.3 Å². The van der Waals surface area contributed by atoms with Gasteiger partial charge in [0.25, 0.3) is 0 Å². The summed E-state index contributed by atoms with van der Waals surface area (Å²) in [4.78, 5) is 4.21. The highest BCUT2D eigenvalue weighted by Gasteiger charge is 2.29. The first-order valence-electron chi connectivity index (χ1n) is 7.96. The normalized spacial score (nSPS) is 17.9. The average Bonchev–Trinajstić information content (AvgIpc) is 3.32. The fourth-order valence-corrected chi connectivity index (χ4v) is 2.81. The van der Waals surface area contributed by atoms with Crippen LogP contribution in [0.1, 0.15) is 30.3 Å². The molecule has 0 unspecified atom stereocenters. The van der Waals surface area contributed by atoms with Crippen LogP contribution in [-0.4, -0.2) is 37.8 Å². The first-order chi connectivity index (χ1) is 12.5.